The number of aromatic nitrogens is 1. The molecule has 1 amide bonds. The molecule has 4 nitrogen and oxygen atoms in total. The van der Waals surface area contributed by atoms with Gasteiger partial charge in [-0.15, -0.1) is 0 Å². The number of nitrogens with zero attached hydrogens (tertiary/aromatic N) is 2. The molecule has 0 spiro atoms. The van der Waals surface area contributed by atoms with Crippen molar-refractivity contribution in [3.63, 3.8) is 0 Å². The first-order valence-corrected chi connectivity index (χ1v) is 10.7. The highest BCUT2D eigenvalue weighted by Crippen LogP contribution is 2.41. The van der Waals surface area contributed by atoms with Crippen LogP contribution >= 0.6 is 0 Å². The van der Waals surface area contributed by atoms with Gasteiger partial charge < -0.3 is 10.2 Å². The maximum absolute atomic E-state index is 12.8. The summed E-state index contributed by atoms with van der Waals surface area (Å²) in [5.74, 6) is 2.00. The second-order valence-electron chi connectivity index (χ2n) is 8.72. The standard InChI is InChI=1S/C26H27N3O/c1-17-5-3-4-6-24(17)21-12-22-15-29(16-23(22)13-21)25(30)10-8-19-11-20-9-7-18(2)28-26(20)27-14-19/h3-6,8,10-12,14,22-23H,2,7,9,13,15-16H2,1H3,(H,27,28)/b10-8+. The second kappa shape index (κ2) is 7.60. The van der Waals surface area contributed by atoms with Crippen LogP contribution in [0.15, 0.2) is 61.0 Å². The molecular weight excluding hydrogens is 370 g/mol. The quantitative estimate of drug-likeness (QED) is 0.754. The van der Waals surface area contributed by atoms with E-state index in [0.29, 0.717) is 11.8 Å². The highest BCUT2D eigenvalue weighted by Gasteiger charge is 2.37. The molecule has 30 heavy (non-hydrogen) atoms. The highest BCUT2D eigenvalue weighted by molar-refractivity contribution is 5.92. The summed E-state index contributed by atoms with van der Waals surface area (Å²) in [6.45, 7) is 7.80. The minimum atomic E-state index is 0.0967. The number of hydrogen-bond acceptors (Lipinski definition) is 3. The molecule has 4 heteroatoms. The van der Waals surface area contributed by atoms with Crippen LogP contribution in [0.5, 0.6) is 0 Å². The van der Waals surface area contributed by atoms with Crippen molar-refractivity contribution in [3.05, 3.63) is 83.2 Å². The topological polar surface area (TPSA) is 45.2 Å². The number of aryl methyl sites for hydroxylation is 2. The van der Waals surface area contributed by atoms with Crippen LogP contribution in [0.2, 0.25) is 0 Å². The number of rotatable bonds is 3. The van der Waals surface area contributed by atoms with E-state index in [0.717, 1.165) is 49.4 Å². The number of allylic oxidation sites excluding steroid dienone is 2. The van der Waals surface area contributed by atoms with E-state index < -0.39 is 0 Å². The first-order valence-electron chi connectivity index (χ1n) is 10.7. The molecule has 2 unspecified atom stereocenters. The molecule has 1 N–H and O–H groups in total. The van der Waals surface area contributed by atoms with Crippen molar-refractivity contribution in [1.82, 2.24) is 9.88 Å². The maximum atomic E-state index is 12.8. The molecule has 3 heterocycles. The summed E-state index contributed by atoms with van der Waals surface area (Å²) in [4.78, 5) is 19.2. The van der Waals surface area contributed by atoms with Crippen molar-refractivity contribution >= 4 is 23.4 Å². The number of likely N-dealkylation sites (tertiary alicyclic amines) is 1. The number of fused-ring (bicyclic) bond motifs is 2. The van der Waals surface area contributed by atoms with E-state index >= 15 is 0 Å². The fraction of sp³-hybridized carbons (Fsp3) is 0.308. The first-order chi connectivity index (χ1) is 14.6. The monoisotopic (exact) mass is 397 g/mol. The highest BCUT2D eigenvalue weighted by atomic mass is 16.2. The fourth-order valence-corrected chi connectivity index (χ4v) is 4.93. The molecule has 0 radical (unpaired) electrons. The SMILES string of the molecule is C=C1CCc2cc(/C=C/C(=O)N3CC4C=C(c5ccccc5C)CC4C3)cnc2N1. The zero-order chi connectivity index (χ0) is 20.7. The van der Waals surface area contributed by atoms with Gasteiger partial charge in [0.05, 0.1) is 0 Å². The smallest absolute Gasteiger partial charge is 0.246 e. The zero-order valence-electron chi connectivity index (χ0n) is 17.4. The van der Waals surface area contributed by atoms with Gasteiger partial charge in [0.2, 0.25) is 5.91 Å². The van der Waals surface area contributed by atoms with Crippen LogP contribution in [0.25, 0.3) is 11.6 Å². The van der Waals surface area contributed by atoms with Gasteiger partial charge >= 0.3 is 0 Å². The summed E-state index contributed by atoms with van der Waals surface area (Å²) in [5.41, 5.74) is 7.30. The minimum Gasteiger partial charge on any atom is -0.344 e. The molecule has 152 valence electrons. The van der Waals surface area contributed by atoms with Gasteiger partial charge in [-0.25, -0.2) is 4.98 Å². The number of anilines is 1. The number of amides is 1. The van der Waals surface area contributed by atoms with Gasteiger partial charge in [-0.05, 0) is 78.0 Å². The Balaban J connectivity index is 1.24. The van der Waals surface area contributed by atoms with E-state index in [2.05, 4.69) is 60.2 Å². The Labute approximate surface area is 178 Å². The van der Waals surface area contributed by atoms with Gasteiger partial charge in [-0.1, -0.05) is 36.9 Å². The van der Waals surface area contributed by atoms with Gasteiger partial charge in [-0.3, -0.25) is 4.79 Å². The van der Waals surface area contributed by atoms with E-state index in [1.54, 1.807) is 6.08 Å². The number of carbonyl (C=O) groups excluding carboxylic acids is 1. The molecule has 1 aromatic carbocycles. The van der Waals surface area contributed by atoms with Gasteiger partial charge in [0.25, 0.3) is 0 Å². The number of hydrogen-bond donors (Lipinski definition) is 1. The third-order valence-electron chi connectivity index (χ3n) is 6.59. The molecule has 1 aromatic heterocycles. The Morgan fingerprint density at radius 3 is 2.97 bits per heavy atom. The molecule has 5 rings (SSSR count). The Hall–Kier alpha value is -3.14. The summed E-state index contributed by atoms with van der Waals surface area (Å²) in [6.07, 6.45) is 10.7. The zero-order valence-corrected chi connectivity index (χ0v) is 17.4. The lowest BCUT2D eigenvalue weighted by atomic mass is 9.96. The van der Waals surface area contributed by atoms with Crippen LogP contribution in [-0.4, -0.2) is 28.9 Å². The Morgan fingerprint density at radius 1 is 1.27 bits per heavy atom. The fourth-order valence-electron chi connectivity index (χ4n) is 4.93. The number of benzene rings is 1. The van der Waals surface area contributed by atoms with Gasteiger partial charge in [-0.2, -0.15) is 0 Å². The molecule has 0 bridgehead atoms. The van der Waals surface area contributed by atoms with Crippen LogP contribution in [0.1, 0.15) is 35.1 Å². The van der Waals surface area contributed by atoms with Gasteiger partial charge in [0.15, 0.2) is 0 Å². The van der Waals surface area contributed by atoms with Crippen LogP contribution in [0, 0.1) is 18.8 Å². The predicted molar refractivity (Wildman–Crippen MR) is 122 cm³/mol. The maximum Gasteiger partial charge on any atom is 0.246 e. The normalized spacial score (nSPS) is 22.6. The lowest BCUT2D eigenvalue weighted by Crippen LogP contribution is -2.27. The molecule has 3 aliphatic rings. The largest absolute Gasteiger partial charge is 0.344 e. The van der Waals surface area contributed by atoms with Crippen molar-refractivity contribution in [2.24, 2.45) is 11.8 Å². The van der Waals surface area contributed by atoms with Crippen molar-refractivity contribution < 1.29 is 4.79 Å². The number of nitrogens with one attached hydrogen (secondary N) is 1. The average Bonchev–Trinajstić information content (AvgIpc) is 3.31. The molecule has 2 atom stereocenters. The molecule has 1 saturated heterocycles. The predicted octanol–water partition coefficient (Wildman–Crippen LogP) is 4.84. The van der Waals surface area contributed by atoms with Crippen molar-refractivity contribution in [1.29, 1.82) is 0 Å². The van der Waals surface area contributed by atoms with E-state index in [4.69, 9.17) is 0 Å². The van der Waals surface area contributed by atoms with Crippen LogP contribution < -0.4 is 5.32 Å². The van der Waals surface area contributed by atoms with Crippen molar-refractivity contribution in [3.8, 4) is 0 Å². The van der Waals surface area contributed by atoms with Crippen LogP contribution in [0.4, 0.5) is 5.82 Å². The van der Waals surface area contributed by atoms with E-state index in [9.17, 15) is 4.79 Å². The summed E-state index contributed by atoms with van der Waals surface area (Å²) in [6, 6.07) is 10.7. The molecular formula is C26H27N3O. The number of carbonyl (C=O) groups is 1. The summed E-state index contributed by atoms with van der Waals surface area (Å²) in [5, 5.41) is 3.23. The Bertz CT molecular complexity index is 1080. The van der Waals surface area contributed by atoms with E-state index in [1.165, 1.54) is 22.3 Å². The van der Waals surface area contributed by atoms with Crippen LogP contribution in [0.3, 0.4) is 0 Å². The average molecular weight is 398 g/mol. The van der Waals surface area contributed by atoms with Crippen molar-refractivity contribution in [2.45, 2.75) is 26.2 Å². The molecule has 1 fully saturated rings. The summed E-state index contributed by atoms with van der Waals surface area (Å²) in [7, 11) is 0. The number of pyridine rings is 1. The Kier molecular flexibility index (Phi) is 4.78. The minimum absolute atomic E-state index is 0.0967. The molecule has 2 aliphatic heterocycles. The van der Waals surface area contributed by atoms with E-state index in [1.807, 2.05) is 17.2 Å². The third kappa shape index (κ3) is 3.58. The first kappa shape index (κ1) is 18.9. The van der Waals surface area contributed by atoms with E-state index in [-0.39, 0.29) is 5.91 Å². The lowest BCUT2D eigenvalue weighted by molar-refractivity contribution is -0.125. The second-order valence-corrected chi connectivity index (χ2v) is 8.72. The third-order valence-corrected chi connectivity index (χ3v) is 6.59. The molecule has 2 aromatic rings. The van der Waals surface area contributed by atoms with Crippen molar-refractivity contribution in [2.75, 3.05) is 18.4 Å². The Morgan fingerprint density at radius 2 is 2.13 bits per heavy atom. The van der Waals surface area contributed by atoms with Crippen LogP contribution in [-0.2, 0) is 11.2 Å². The van der Waals surface area contributed by atoms with Gasteiger partial charge in [0, 0.05) is 31.1 Å². The molecule has 1 aliphatic carbocycles. The summed E-state index contributed by atoms with van der Waals surface area (Å²) >= 11 is 0. The lowest BCUT2D eigenvalue weighted by Gasteiger charge is -2.19. The van der Waals surface area contributed by atoms with Gasteiger partial charge in [0.1, 0.15) is 5.82 Å². The molecule has 0 saturated carbocycles. The summed E-state index contributed by atoms with van der Waals surface area (Å²) < 4.78 is 0.